The molecule has 0 aliphatic carbocycles. The van der Waals surface area contributed by atoms with Crippen molar-refractivity contribution in [1.29, 1.82) is 0 Å². The fraction of sp³-hybridized carbons (Fsp3) is 0.727. The highest BCUT2D eigenvalue weighted by Crippen LogP contribution is 2.17. The van der Waals surface area contributed by atoms with Crippen LogP contribution in [0.3, 0.4) is 0 Å². The molecule has 0 bridgehead atoms. The summed E-state index contributed by atoms with van der Waals surface area (Å²) >= 11 is 0. The van der Waals surface area contributed by atoms with E-state index in [1.54, 1.807) is 12.5 Å². The summed E-state index contributed by atoms with van der Waals surface area (Å²) in [5.74, 6) is 0.276. The van der Waals surface area contributed by atoms with E-state index in [4.69, 9.17) is 5.73 Å². The number of rotatable bonds is 6. The van der Waals surface area contributed by atoms with Gasteiger partial charge in [0.1, 0.15) is 0 Å². The van der Waals surface area contributed by atoms with E-state index < -0.39 is 10.2 Å². The zero-order valence-electron chi connectivity index (χ0n) is 10.9. The number of nitrogens with two attached hydrogens (primary N) is 1. The van der Waals surface area contributed by atoms with Crippen molar-refractivity contribution < 1.29 is 8.42 Å². The Bertz CT molecular complexity index is 473. The minimum Gasteiger partial charge on any atom is -0.348 e. The number of H-pyrrole nitrogens is 1. The van der Waals surface area contributed by atoms with Crippen LogP contribution in [0.15, 0.2) is 12.5 Å². The zero-order chi connectivity index (χ0) is 13.7. The Kier molecular flexibility index (Phi) is 4.92. The van der Waals surface area contributed by atoms with Crippen molar-refractivity contribution >= 4 is 10.2 Å². The second-order valence-electron chi connectivity index (χ2n) is 4.83. The average Bonchev–Trinajstić information content (AvgIpc) is 2.92. The molecule has 1 atom stereocenters. The molecule has 1 aliphatic rings. The lowest BCUT2D eigenvalue weighted by Crippen LogP contribution is -2.47. The number of hydrogen-bond donors (Lipinski definition) is 3. The number of hydrogen-bond acceptors (Lipinski definition) is 4. The third kappa shape index (κ3) is 4.00. The molecule has 19 heavy (non-hydrogen) atoms. The number of aromatic nitrogens is 2. The molecule has 1 aliphatic heterocycles. The van der Waals surface area contributed by atoms with Crippen molar-refractivity contribution in [1.82, 2.24) is 19.0 Å². The van der Waals surface area contributed by atoms with Gasteiger partial charge in [-0.3, -0.25) is 0 Å². The maximum absolute atomic E-state index is 12.1. The number of imidazole rings is 1. The van der Waals surface area contributed by atoms with Crippen LogP contribution in [-0.2, 0) is 16.6 Å². The van der Waals surface area contributed by atoms with Crippen molar-refractivity contribution in [3.63, 3.8) is 0 Å². The predicted octanol–water partition coefficient (Wildman–Crippen LogP) is -0.543. The molecule has 7 nitrogen and oxygen atoms in total. The van der Waals surface area contributed by atoms with Gasteiger partial charge < -0.3 is 10.7 Å². The average molecular weight is 287 g/mol. The fourth-order valence-corrected chi connectivity index (χ4v) is 3.58. The minimum absolute atomic E-state index is 0.276. The highest BCUT2D eigenvalue weighted by Gasteiger charge is 2.27. The second kappa shape index (κ2) is 6.47. The first-order chi connectivity index (χ1) is 9.12. The van der Waals surface area contributed by atoms with Gasteiger partial charge in [0.25, 0.3) is 10.2 Å². The smallest absolute Gasteiger partial charge is 0.279 e. The van der Waals surface area contributed by atoms with Gasteiger partial charge >= 0.3 is 0 Å². The number of piperidine rings is 1. The van der Waals surface area contributed by atoms with Crippen molar-refractivity contribution in [3.05, 3.63) is 18.2 Å². The highest BCUT2D eigenvalue weighted by atomic mass is 32.2. The summed E-state index contributed by atoms with van der Waals surface area (Å²) in [6.45, 7) is 2.01. The first-order valence-electron chi connectivity index (χ1n) is 6.54. The molecule has 1 aromatic rings. The van der Waals surface area contributed by atoms with Crippen LogP contribution in [0, 0.1) is 5.92 Å². The topological polar surface area (TPSA) is 104 Å². The zero-order valence-corrected chi connectivity index (χ0v) is 11.7. The Labute approximate surface area is 113 Å². The van der Waals surface area contributed by atoms with Gasteiger partial charge in [-0.15, -0.1) is 0 Å². The molecule has 2 heterocycles. The molecule has 108 valence electrons. The maximum atomic E-state index is 12.1. The van der Waals surface area contributed by atoms with Gasteiger partial charge in [0, 0.05) is 37.9 Å². The van der Waals surface area contributed by atoms with E-state index in [1.807, 2.05) is 0 Å². The molecule has 0 spiro atoms. The van der Waals surface area contributed by atoms with Crippen LogP contribution >= 0.6 is 0 Å². The van der Waals surface area contributed by atoms with E-state index in [2.05, 4.69) is 14.7 Å². The van der Waals surface area contributed by atoms with Gasteiger partial charge in [-0.05, 0) is 25.3 Å². The summed E-state index contributed by atoms with van der Waals surface area (Å²) in [6.07, 6.45) is 5.77. The predicted molar refractivity (Wildman–Crippen MR) is 72.6 cm³/mol. The summed E-state index contributed by atoms with van der Waals surface area (Å²) in [7, 11) is -3.39. The molecule has 1 fully saturated rings. The first kappa shape index (κ1) is 14.4. The first-order valence-corrected chi connectivity index (χ1v) is 7.98. The summed E-state index contributed by atoms with van der Waals surface area (Å²) in [5, 5.41) is 0. The summed E-state index contributed by atoms with van der Waals surface area (Å²) in [4.78, 5) is 6.83. The molecule has 0 amide bonds. The molecule has 2 rings (SSSR count). The van der Waals surface area contributed by atoms with Crippen LogP contribution in [-0.4, -0.2) is 48.9 Å². The Balaban J connectivity index is 1.83. The van der Waals surface area contributed by atoms with Crippen LogP contribution in [0.4, 0.5) is 0 Å². The Hall–Kier alpha value is -0.960. The van der Waals surface area contributed by atoms with Crippen LogP contribution in [0.1, 0.15) is 18.5 Å². The quantitative estimate of drug-likeness (QED) is 0.653. The minimum atomic E-state index is -3.39. The maximum Gasteiger partial charge on any atom is 0.279 e. The summed E-state index contributed by atoms with van der Waals surface area (Å²) in [5.41, 5.74) is 6.54. The Morgan fingerprint density at radius 1 is 1.58 bits per heavy atom. The van der Waals surface area contributed by atoms with Gasteiger partial charge in [-0.25, -0.2) is 9.71 Å². The molecular formula is C11H21N5O2S. The van der Waals surface area contributed by atoms with E-state index in [-0.39, 0.29) is 5.92 Å². The molecule has 1 unspecified atom stereocenters. The monoisotopic (exact) mass is 287 g/mol. The van der Waals surface area contributed by atoms with E-state index in [0.717, 1.165) is 18.5 Å². The lowest BCUT2D eigenvalue weighted by atomic mass is 10.0. The van der Waals surface area contributed by atoms with Crippen molar-refractivity contribution in [3.8, 4) is 0 Å². The number of aromatic amines is 1. The second-order valence-corrected chi connectivity index (χ2v) is 6.58. The molecule has 1 aromatic heterocycles. The molecule has 4 N–H and O–H groups in total. The Morgan fingerprint density at radius 2 is 2.42 bits per heavy atom. The molecule has 1 saturated heterocycles. The summed E-state index contributed by atoms with van der Waals surface area (Å²) in [6, 6.07) is 0. The highest BCUT2D eigenvalue weighted by molar-refractivity contribution is 7.87. The van der Waals surface area contributed by atoms with Crippen molar-refractivity contribution in [2.24, 2.45) is 11.7 Å². The van der Waals surface area contributed by atoms with Crippen molar-refractivity contribution in [2.75, 3.05) is 26.2 Å². The molecule has 0 saturated carbocycles. The van der Waals surface area contributed by atoms with Gasteiger partial charge in [0.05, 0.1) is 6.33 Å². The Morgan fingerprint density at radius 3 is 3.11 bits per heavy atom. The third-order valence-corrected chi connectivity index (χ3v) is 4.97. The van der Waals surface area contributed by atoms with Gasteiger partial charge in [0.2, 0.25) is 0 Å². The van der Waals surface area contributed by atoms with Crippen LogP contribution in [0.5, 0.6) is 0 Å². The number of nitrogens with one attached hydrogen (secondary N) is 2. The molecule has 8 heteroatoms. The standard InChI is InChI=1S/C11H21N5O2S/c12-6-10-2-1-5-16(8-10)19(17,18)15-4-3-11-7-13-9-14-11/h7,9-10,15H,1-6,8,12H2,(H,13,14). The van der Waals surface area contributed by atoms with Crippen LogP contribution < -0.4 is 10.5 Å². The molecule has 0 radical (unpaired) electrons. The van der Waals surface area contributed by atoms with Gasteiger partial charge in [0.15, 0.2) is 0 Å². The number of nitrogens with zero attached hydrogens (tertiary/aromatic N) is 2. The third-order valence-electron chi connectivity index (χ3n) is 3.39. The fourth-order valence-electron chi connectivity index (χ4n) is 2.26. The van der Waals surface area contributed by atoms with E-state index in [0.29, 0.717) is 32.6 Å². The van der Waals surface area contributed by atoms with Crippen LogP contribution in [0.25, 0.3) is 0 Å². The van der Waals surface area contributed by atoms with Crippen molar-refractivity contribution in [2.45, 2.75) is 19.3 Å². The lowest BCUT2D eigenvalue weighted by Gasteiger charge is -2.31. The van der Waals surface area contributed by atoms with Gasteiger partial charge in [-0.1, -0.05) is 0 Å². The van der Waals surface area contributed by atoms with E-state index >= 15 is 0 Å². The largest absolute Gasteiger partial charge is 0.348 e. The molecular weight excluding hydrogens is 266 g/mol. The van der Waals surface area contributed by atoms with Crippen LogP contribution in [0.2, 0.25) is 0 Å². The van der Waals surface area contributed by atoms with E-state index in [9.17, 15) is 8.42 Å². The van der Waals surface area contributed by atoms with Gasteiger partial charge in [-0.2, -0.15) is 12.7 Å². The lowest BCUT2D eigenvalue weighted by molar-refractivity contribution is 0.269. The molecule has 0 aromatic carbocycles. The van der Waals surface area contributed by atoms with E-state index in [1.165, 1.54) is 4.31 Å². The SMILES string of the molecule is NCC1CCCN(S(=O)(=O)NCCc2cnc[nH]2)C1. The normalized spacial score (nSPS) is 21.6. The summed E-state index contributed by atoms with van der Waals surface area (Å²) < 4.78 is 28.4.